The monoisotopic (exact) mass is 453 g/mol. The first-order chi connectivity index (χ1) is 15.5. The molecule has 8 heteroatoms. The Labute approximate surface area is 190 Å². The van der Waals surface area contributed by atoms with Crippen molar-refractivity contribution in [2.75, 3.05) is 12.0 Å². The van der Waals surface area contributed by atoms with Gasteiger partial charge in [0.2, 0.25) is 0 Å². The Kier molecular flexibility index (Phi) is 8.21. The van der Waals surface area contributed by atoms with Crippen LogP contribution < -0.4 is 5.32 Å². The lowest BCUT2D eigenvalue weighted by atomic mass is 9.96. The van der Waals surface area contributed by atoms with Gasteiger partial charge in [-0.1, -0.05) is 30.4 Å². The van der Waals surface area contributed by atoms with Crippen molar-refractivity contribution in [3.63, 3.8) is 0 Å². The van der Waals surface area contributed by atoms with Gasteiger partial charge in [0.25, 0.3) is 5.91 Å². The predicted octanol–water partition coefficient (Wildman–Crippen LogP) is 4.41. The SMILES string of the molecule is CSCC[C@H](NC(=O)c1ccc(/C=C/Cc2cnc[nH]2)cc1-c1ccc(F)cc1)C(=O)O. The number of thioether (sulfide) groups is 1. The zero-order valence-corrected chi connectivity index (χ0v) is 18.4. The van der Waals surface area contributed by atoms with E-state index in [1.807, 2.05) is 24.5 Å². The molecule has 1 aromatic heterocycles. The molecule has 166 valence electrons. The Balaban J connectivity index is 1.89. The van der Waals surface area contributed by atoms with Gasteiger partial charge in [-0.3, -0.25) is 4.79 Å². The van der Waals surface area contributed by atoms with Gasteiger partial charge in [0.1, 0.15) is 11.9 Å². The summed E-state index contributed by atoms with van der Waals surface area (Å²) >= 11 is 1.52. The lowest BCUT2D eigenvalue weighted by molar-refractivity contribution is -0.139. The summed E-state index contributed by atoms with van der Waals surface area (Å²) in [7, 11) is 0. The fourth-order valence-electron chi connectivity index (χ4n) is 3.18. The minimum absolute atomic E-state index is 0.322. The maximum Gasteiger partial charge on any atom is 0.326 e. The third-order valence-corrected chi connectivity index (χ3v) is 5.50. The van der Waals surface area contributed by atoms with E-state index in [9.17, 15) is 19.1 Å². The van der Waals surface area contributed by atoms with Crippen LogP contribution in [-0.2, 0) is 11.2 Å². The minimum Gasteiger partial charge on any atom is -0.480 e. The fourth-order valence-corrected chi connectivity index (χ4v) is 3.65. The number of aliphatic carboxylic acids is 1. The lowest BCUT2D eigenvalue weighted by Crippen LogP contribution is -2.41. The molecule has 0 spiro atoms. The normalized spacial score (nSPS) is 12.1. The van der Waals surface area contributed by atoms with Gasteiger partial charge in [0.15, 0.2) is 0 Å². The van der Waals surface area contributed by atoms with Gasteiger partial charge in [-0.05, 0) is 59.4 Å². The molecule has 0 saturated heterocycles. The maximum atomic E-state index is 13.5. The lowest BCUT2D eigenvalue weighted by Gasteiger charge is -2.16. The molecule has 0 aliphatic heterocycles. The van der Waals surface area contributed by atoms with Gasteiger partial charge in [-0.25, -0.2) is 14.2 Å². The molecule has 1 atom stereocenters. The molecular formula is C24H24FN3O3S. The van der Waals surface area contributed by atoms with E-state index in [-0.39, 0.29) is 5.82 Å². The largest absolute Gasteiger partial charge is 0.480 e. The third-order valence-electron chi connectivity index (χ3n) is 4.86. The van der Waals surface area contributed by atoms with Crippen molar-refractivity contribution in [1.29, 1.82) is 0 Å². The first kappa shape index (κ1) is 23.3. The van der Waals surface area contributed by atoms with E-state index in [1.54, 1.807) is 36.8 Å². The molecule has 0 saturated carbocycles. The van der Waals surface area contributed by atoms with E-state index < -0.39 is 17.9 Å². The Bertz CT molecular complexity index is 1080. The quantitative estimate of drug-likeness (QED) is 0.423. The number of allylic oxidation sites excluding steroid dienone is 1. The van der Waals surface area contributed by atoms with E-state index in [2.05, 4.69) is 15.3 Å². The number of rotatable bonds is 10. The number of imidazole rings is 1. The molecule has 0 bridgehead atoms. The number of aromatic amines is 1. The summed E-state index contributed by atoms with van der Waals surface area (Å²) < 4.78 is 13.5. The number of H-pyrrole nitrogens is 1. The summed E-state index contributed by atoms with van der Waals surface area (Å²) in [6, 6.07) is 10.2. The topological polar surface area (TPSA) is 95.1 Å². The van der Waals surface area contributed by atoms with Gasteiger partial charge in [0, 0.05) is 23.9 Å². The Hall–Kier alpha value is -3.39. The number of carboxylic acids is 1. The van der Waals surface area contributed by atoms with Crippen LogP contribution in [0.5, 0.6) is 0 Å². The zero-order valence-electron chi connectivity index (χ0n) is 17.5. The van der Waals surface area contributed by atoms with Crippen molar-refractivity contribution in [1.82, 2.24) is 15.3 Å². The molecule has 2 aromatic carbocycles. The van der Waals surface area contributed by atoms with Crippen LogP contribution in [0.15, 0.2) is 61.1 Å². The number of hydrogen-bond donors (Lipinski definition) is 3. The van der Waals surface area contributed by atoms with E-state index >= 15 is 0 Å². The van der Waals surface area contributed by atoms with Crippen molar-refractivity contribution in [3.8, 4) is 11.1 Å². The van der Waals surface area contributed by atoms with Gasteiger partial charge in [-0.2, -0.15) is 11.8 Å². The number of halogens is 1. The zero-order chi connectivity index (χ0) is 22.9. The van der Waals surface area contributed by atoms with E-state index in [1.165, 1.54) is 23.9 Å². The Morgan fingerprint density at radius 1 is 1.25 bits per heavy atom. The number of aromatic nitrogens is 2. The van der Waals surface area contributed by atoms with Crippen LogP contribution in [0.2, 0.25) is 0 Å². The van der Waals surface area contributed by atoms with Crippen LogP contribution >= 0.6 is 11.8 Å². The van der Waals surface area contributed by atoms with Gasteiger partial charge >= 0.3 is 5.97 Å². The van der Waals surface area contributed by atoms with Gasteiger partial charge in [0.05, 0.1) is 6.33 Å². The number of carbonyl (C=O) groups is 2. The van der Waals surface area contributed by atoms with Crippen molar-refractivity contribution in [3.05, 3.63) is 83.7 Å². The number of nitrogens with one attached hydrogen (secondary N) is 2. The molecule has 6 nitrogen and oxygen atoms in total. The average Bonchev–Trinajstić information content (AvgIpc) is 3.30. The van der Waals surface area contributed by atoms with E-state index in [0.29, 0.717) is 35.3 Å². The number of benzene rings is 2. The Morgan fingerprint density at radius 2 is 2.03 bits per heavy atom. The highest BCUT2D eigenvalue weighted by atomic mass is 32.2. The maximum absolute atomic E-state index is 13.5. The molecule has 0 unspecified atom stereocenters. The number of amides is 1. The first-order valence-electron chi connectivity index (χ1n) is 10.0. The van der Waals surface area contributed by atoms with Crippen molar-refractivity contribution < 1.29 is 19.1 Å². The minimum atomic E-state index is -1.07. The van der Waals surface area contributed by atoms with Crippen LogP contribution in [0.3, 0.4) is 0 Å². The summed E-state index contributed by atoms with van der Waals surface area (Å²) in [6.07, 6.45) is 10.1. The number of carboxylic acid groups (broad SMARTS) is 1. The summed E-state index contributed by atoms with van der Waals surface area (Å²) in [5.74, 6) is -1.32. The second kappa shape index (κ2) is 11.3. The molecule has 0 radical (unpaired) electrons. The molecule has 3 rings (SSSR count). The van der Waals surface area contributed by atoms with Crippen LogP contribution in [0.1, 0.15) is 28.0 Å². The summed E-state index contributed by atoms with van der Waals surface area (Å²) in [6.45, 7) is 0. The van der Waals surface area contributed by atoms with Crippen LogP contribution in [0, 0.1) is 5.82 Å². The fraction of sp³-hybridized carbons (Fsp3) is 0.208. The smallest absolute Gasteiger partial charge is 0.326 e. The molecule has 1 heterocycles. The highest BCUT2D eigenvalue weighted by molar-refractivity contribution is 7.98. The van der Waals surface area contributed by atoms with Crippen LogP contribution in [-0.4, -0.2) is 45.0 Å². The standard InChI is InChI=1S/C24H24FN3O3S/c1-32-12-11-22(24(30)31)28-23(29)20-10-5-16(3-2-4-19-14-26-15-27-19)13-21(20)17-6-8-18(25)9-7-17/h2-3,5-10,13-15,22H,4,11-12H2,1H3,(H,26,27)(H,28,29)(H,30,31)/b3-2+/t22-/m0/s1. The first-order valence-corrected chi connectivity index (χ1v) is 11.4. The van der Waals surface area contributed by atoms with Crippen molar-refractivity contribution in [2.24, 2.45) is 0 Å². The molecule has 1 amide bonds. The predicted molar refractivity (Wildman–Crippen MR) is 125 cm³/mol. The highest BCUT2D eigenvalue weighted by Crippen LogP contribution is 2.26. The molecule has 3 aromatic rings. The van der Waals surface area contributed by atoms with Gasteiger partial charge < -0.3 is 15.4 Å². The van der Waals surface area contributed by atoms with Crippen LogP contribution in [0.4, 0.5) is 4.39 Å². The Morgan fingerprint density at radius 3 is 2.69 bits per heavy atom. The van der Waals surface area contributed by atoms with E-state index in [4.69, 9.17) is 0 Å². The van der Waals surface area contributed by atoms with Crippen molar-refractivity contribution in [2.45, 2.75) is 18.9 Å². The summed E-state index contributed by atoms with van der Waals surface area (Å²) in [4.78, 5) is 31.6. The molecular weight excluding hydrogens is 429 g/mol. The molecule has 0 aliphatic rings. The second-order valence-corrected chi connectivity index (χ2v) is 8.13. The third kappa shape index (κ3) is 6.31. The van der Waals surface area contributed by atoms with E-state index in [0.717, 1.165) is 11.3 Å². The average molecular weight is 454 g/mol. The van der Waals surface area contributed by atoms with Gasteiger partial charge in [-0.15, -0.1) is 0 Å². The molecule has 3 N–H and O–H groups in total. The highest BCUT2D eigenvalue weighted by Gasteiger charge is 2.22. The molecule has 32 heavy (non-hydrogen) atoms. The second-order valence-electron chi connectivity index (χ2n) is 7.14. The molecule has 0 aliphatic carbocycles. The van der Waals surface area contributed by atoms with Crippen molar-refractivity contribution >= 4 is 29.7 Å². The number of nitrogens with zero attached hydrogens (tertiary/aromatic N) is 1. The summed E-state index contributed by atoms with van der Waals surface area (Å²) in [5.41, 5.74) is 3.42. The molecule has 0 fully saturated rings. The summed E-state index contributed by atoms with van der Waals surface area (Å²) in [5, 5.41) is 12.1. The van der Waals surface area contributed by atoms with Crippen LogP contribution in [0.25, 0.3) is 17.2 Å². The number of hydrogen-bond acceptors (Lipinski definition) is 4. The number of carbonyl (C=O) groups excluding carboxylic acids is 1.